The first-order valence-electron chi connectivity index (χ1n) is 8.59. The molecule has 0 bridgehead atoms. The topological polar surface area (TPSA) is 118 Å². The number of imide groups is 1. The van der Waals surface area contributed by atoms with Gasteiger partial charge in [-0.05, 0) is 24.6 Å². The number of H-pyrrole nitrogens is 1. The molecule has 1 atom stereocenters. The maximum Gasteiger partial charge on any atom is 0.497 e. The van der Waals surface area contributed by atoms with Gasteiger partial charge in [0.1, 0.15) is 6.54 Å². The number of quaternary nitrogens is 1. The summed E-state index contributed by atoms with van der Waals surface area (Å²) < 4.78 is 36.6. The molecule has 0 spiro atoms. The van der Waals surface area contributed by atoms with E-state index in [2.05, 4.69) is 14.8 Å². The zero-order valence-corrected chi connectivity index (χ0v) is 15.8. The van der Waals surface area contributed by atoms with Crippen LogP contribution in [0.2, 0.25) is 5.28 Å². The van der Waals surface area contributed by atoms with E-state index in [1.165, 1.54) is 0 Å². The van der Waals surface area contributed by atoms with Crippen molar-refractivity contribution < 1.29 is 37.0 Å². The first-order valence-corrected chi connectivity index (χ1v) is 8.97. The molecular formula is C15H20ClF3N5O4+. The normalized spacial score (nSPS) is 19.7. The Balaban J connectivity index is 2.54. The summed E-state index contributed by atoms with van der Waals surface area (Å²) in [7, 11) is 0. The number of imidazole rings is 1. The highest BCUT2D eigenvalue weighted by Gasteiger charge is 2.62. The van der Waals surface area contributed by atoms with E-state index < -0.39 is 35.3 Å². The second-order valence-electron chi connectivity index (χ2n) is 6.15. The largest absolute Gasteiger partial charge is 0.497 e. The van der Waals surface area contributed by atoms with E-state index in [0.29, 0.717) is 6.42 Å². The number of anilines is 1. The number of amides is 3. The van der Waals surface area contributed by atoms with Crippen LogP contribution in [0.5, 0.6) is 0 Å². The summed E-state index contributed by atoms with van der Waals surface area (Å²) in [5.41, 5.74) is 5.08. The molecule has 2 rings (SSSR count). The smallest absolute Gasteiger partial charge is 0.330 e. The van der Waals surface area contributed by atoms with Gasteiger partial charge in [0, 0.05) is 17.6 Å². The van der Waals surface area contributed by atoms with Crippen LogP contribution in [0.15, 0.2) is 0 Å². The summed E-state index contributed by atoms with van der Waals surface area (Å²) in [6.07, 6.45) is -3.43. The molecule has 0 aliphatic carbocycles. The molecule has 1 aromatic rings. The van der Waals surface area contributed by atoms with Gasteiger partial charge in [-0.2, -0.15) is 18.2 Å². The number of aromatic nitrogens is 2. The molecule has 156 valence electrons. The minimum Gasteiger partial charge on any atom is -0.330 e. The Morgan fingerprint density at radius 3 is 2.57 bits per heavy atom. The Labute approximate surface area is 163 Å². The van der Waals surface area contributed by atoms with E-state index in [-0.39, 0.29) is 36.3 Å². The van der Waals surface area contributed by atoms with Crippen LogP contribution >= 0.6 is 11.6 Å². The number of alkyl halides is 3. The number of aromatic amines is 1. The predicted molar refractivity (Wildman–Crippen MR) is 91.1 cm³/mol. The molecule has 1 unspecified atom stereocenters. The highest BCUT2D eigenvalue weighted by atomic mass is 35.5. The maximum atomic E-state index is 13.1. The Bertz CT molecular complexity index is 769. The maximum absolute atomic E-state index is 13.1. The van der Waals surface area contributed by atoms with Gasteiger partial charge in [0.2, 0.25) is 5.28 Å². The Morgan fingerprint density at radius 2 is 2.00 bits per heavy atom. The van der Waals surface area contributed by atoms with Crippen molar-refractivity contribution in [2.24, 2.45) is 5.73 Å². The number of hydrogen-bond acceptors (Lipinski definition) is 6. The molecule has 13 heteroatoms. The van der Waals surface area contributed by atoms with Gasteiger partial charge in [-0.3, -0.25) is 0 Å². The van der Waals surface area contributed by atoms with E-state index in [0.717, 1.165) is 17.7 Å². The standard InChI is InChI=1S/C15H19ClF3N5O4/c1-2-3-4-7-23-10-9(21-13(16)22-10)11(25)24(14(23)27,8-5-6-20)28-12(26)15(17,18)19/h2-8,20H2,1H3/p+1. The quantitative estimate of drug-likeness (QED) is 0.487. The molecule has 3 N–H and O–H groups in total. The van der Waals surface area contributed by atoms with Crippen molar-refractivity contribution in [2.75, 3.05) is 24.5 Å². The minimum absolute atomic E-state index is 0.0451. The van der Waals surface area contributed by atoms with Gasteiger partial charge in [-0.1, -0.05) is 19.8 Å². The third-order valence-electron chi connectivity index (χ3n) is 4.13. The van der Waals surface area contributed by atoms with Gasteiger partial charge in [-0.25, -0.2) is 24.1 Å². The minimum atomic E-state index is -5.40. The number of fused-ring (bicyclic) bond motifs is 1. The number of rotatable bonds is 8. The number of carbonyl (C=O) groups is 3. The molecule has 1 aliphatic heterocycles. The van der Waals surface area contributed by atoms with Crippen molar-refractivity contribution in [2.45, 2.75) is 38.8 Å². The Kier molecular flexibility index (Phi) is 6.67. The average molecular weight is 427 g/mol. The number of hydroxylamine groups is 3. The molecule has 9 nitrogen and oxygen atoms in total. The molecule has 1 aliphatic rings. The van der Waals surface area contributed by atoms with Crippen LogP contribution in [0, 0.1) is 0 Å². The molecule has 0 aromatic carbocycles. The monoisotopic (exact) mass is 426 g/mol. The fraction of sp³-hybridized carbons (Fsp3) is 0.600. The van der Waals surface area contributed by atoms with Crippen LogP contribution in [-0.4, -0.2) is 58.3 Å². The zero-order valence-electron chi connectivity index (χ0n) is 15.0. The number of unbranched alkanes of at least 4 members (excludes halogenated alkanes) is 2. The van der Waals surface area contributed by atoms with Crippen molar-refractivity contribution in [3.63, 3.8) is 0 Å². The summed E-state index contributed by atoms with van der Waals surface area (Å²) in [5, 5.41) is -0.229. The summed E-state index contributed by atoms with van der Waals surface area (Å²) in [5.74, 6) is -3.97. The lowest BCUT2D eigenvalue weighted by Gasteiger charge is -2.36. The molecule has 0 radical (unpaired) electrons. The Hall–Kier alpha value is -2.18. The SMILES string of the molecule is CCCCCN1C(=O)[N+](CCCN)(OC(=O)C(F)(F)F)C(=O)c2[nH]c(Cl)nc21. The van der Waals surface area contributed by atoms with E-state index in [1.54, 1.807) is 0 Å². The van der Waals surface area contributed by atoms with Gasteiger partial charge in [0.25, 0.3) is 0 Å². The first-order chi connectivity index (χ1) is 13.1. The number of hydrogen-bond donors (Lipinski definition) is 2. The van der Waals surface area contributed by atoms with E-state index in [1.807, 2.05) is 6.92 Å². The molecule has 0 fully saturated rings. The van der Waals surface area contributed by atoms with Crippen molar-refractivity contribution in [3.05, 3.63) is 11.0 Å². The van der Waals surface area contributed by atoms with E-state index >= 15 is 0 Å². The van der Waals surface area contributed by atoms with Gasteiger partial charge >= 0.3 is 24.1 Å². The van der Waals surface area contributed by atoms with Crippen molar-refractivity contribution in [3.8, 4) is 0 Å². The predicted octanol–water partition coefficient (Wildman–Crippen LogP) is 2.52. The molecule has 2 heterocycles. The number of carbonyl (C=O) groups excluding carboxylic acids is 3. The summed E-state index contributed by atoms with van der Waals surface area (Å²) in [6, 6.07) is -1.15. The van der Waals surface area contributed by atoms with Gasteiger partial charge in [0.05, 0.1) is 0 Å². The van der Waals surface area contributed by atoms with Gasteiger partial charge in [0.15, 0.2) is 11.5 Å². The van der Waals surface area contributed by atoms with Crippen LogP contribution in [-0.2, 0) is 9.63 Å². The zero-order chi connectivity index (χ0) is 21.1. The van der Waals surface area contributed by atoms with Crippen LogP contribution in [0.25, 0.3) is 0 Å². The van der Waals surface area contributed by atoms with Crippen LogP contribution in [0.3, 0.4) is 0 Å². The lowest BCUT2D eigenvalue weighted by Crippen LogP contribution is -2.67. The number of nitrogens with two attached hydrogens (primary N) is 1. The Morgan fingerprint density at radius 1 is 1.32 bits per heavy atom. The number of nitrogens with zero attached hydrogens (tertiary/aromatic N) is 3. The third kappa shape index (κ3) is 4.13. The van der Waals surface area contributed by atoms with Crippen molar-refractivity contribution in [1.29, 1.82) is 0 Å². The van der Waals surface area contributed by atoms with Crippen LogP contribution in [0.1, 0.15) is 43.1 Å². The number of halogens is 4. The fourth-order valence-electron chi connectivity index (χ4n) is 2.79. The number of nitrogens with one attached hydrogen (secondary N) is 1. The second kappa shape index (κ2) is 8.45. The lowest BCUT2D eigenvalue weighted by molar-refractivity contribution is -0.956. The fourth-order valence-corrected chi connectivity index (χ4v) is 2.96. The highest BCUT2D eigenvalue weighted by molar-refractivity contribution is 6.29. The molecule has 0 saturated heterocycles. The molecular weight excluding hydrogens is 407 g/mol. The lowest BCUT2D eigenvalue weighted by atomic mass is 10.2. The molecule has 0 saturated carbocycles. The average Bonchev–Trinajstić information content (AvgIpc) is 3.01. The molecule has 1 aromatic heterocycles. The van der Waals surface area contributed by atoms with E-state index in [4.69, 9.17) is 17.3 Å². The van der Waals surface area contributed by atoms with Crippen LogP contribution in [0.4, 0.5) is 23.8 Å². The van der Waals surface area contributed by atoms with Crippen LogP contribution < -0.4 is 10.6 Å². The van der Waals surface area contributed by atoms with E-state index in [9.17, 15) is 27.6 Å². The number of urea groups is 1. The van der Waals surface area contributed by atoms with Crippen molar-refractivity contribution in [1.82, 2.24) is 9.97 Å². The molecule has 3 amide bonds. The van der Waals surface area contributed by atoms with Crippen molar-refractivity contribution >= 4 is 35.3 Å². The molecule has 28 heavy (non-hydrogen) atoms. The second-order valence-corrected chi connectivity index (χ2v) is 6.51. The van der Waals surface area contributed by atoms with Gasteiger partial charge < -0.3 is 10.7 Å². The highest BCUT2D eigenvalue weighted by Crippen LogP contribution is 2.35. The summed E-state index contributed by atoms with van der Waals surface area (Å²) >= 11 is 5.79. The third-order valence-corrected chi connectivity index (χ3v) is 4.30. The summed E-state index contributed by atoms with van der Waals surface area (Å²) in [4.78, 5) is 49.3. The van der Waals surface area contributed by atoms with Gasteiger partial charge in [-0.15, -0.1) is 0 Å². The summed E-state index contributed by atoms with van der Waals surface area (Å²) in [6.45, 7) is 1.37. The first kappa shape index (κ1) is 22.1.